The fourth-order valence-corrected chi connectivity index (χ4v) is 2.63. The summed E-state index contributed by atoms with van der Waals surface area (Å²) in [4.78, 5) is 20.7. The quantitative estimate of drug-likeness (QED) is 0.772. The highest BCUT2D eigenvalue weighted by Crippen LogP contribution is 2.30. The van der Waals surface area contributed by atoms with E-state index in [1.165, 1.54) is 0 Å². The number of ether oxygens (including phenoxy) is 1. The summed E-state index contributed by atoms with van der Waals surface area (Å²) in [5.41, 5.74) is 3.62. The maximum Gasteiger partial charge on any atom is 0.258 e. The maximum atomic E-state index is 12.1. The van der Waals surface area contributed by atoms with Crippen LogP contribution in [0.1, 0.15) is 28.3 Å². The summed E-state index contributed by atoms with van der Waals surface area (Å²) in [6.45, 7) is 7.92. The third-order valence-corrected chi connectivity index (χ3v) is 4.02. The normalized spacial score (nSPS) is 10.9. The standard InChI is InChI=1S/C19H21N3O3/c1-11-6-5-7-15(8-11)9-20-16(23)10-24-18-17-12(2)13(3)25-19(17)22-14(4)21-18/h5-8H,9-10H2,1-4H3,(H,20,23). The van der Waals surface area contributed by atoms with Crippen LogP contribution in [0.3, 0.4) is 0 Å². The van der Waals surface area contributed by atoms with E-state index >= 15 is 0 Å². The summed E-state index contributed by atoms with van der Waals surface area (Å²) in [6.07, 6.45) is 0. The largest absolute Gasteiger partial charge is 0.467 e. The first kappa shape index (κ1) is 17.0. The smallest absolute Gasteiger partial charge is 0.258 e. The molecule has 6 nitrogen and oxygen atoms in total. The van der Waals surface area contributed by atoms with Crippen molar-refractivity contribution in [3.05, 3.63) is 52.5 Å². The molecule has 0 saturated heterocycles. The first-order valence-corrected chi connectivity index (χ1v) is 8.13. The molecule has 2 heterocycles. The van der Waals surface area contributed by atoms with Gasteiger partial charge in [0.05, 0.1) is 0 Å². The van der Waals surface area contributed by atoms with Crippen LogP contribution in [0.4, 0.5) is 0 Å². The number of aryl methyl sites for hydroxylation is 4. The lowest BCUT2D eigenvalue weighted by molar-refractivity contribution is -0.123. The van der Waals surface area contributed by atoms with Gasteiger partial charge in [0.1, 0.15) is 17.0 Å². The van der Waals surface area contributed by atoms with Crippen molar-refractivity contribution in [1.82, 2.24) is 15.3 Å². The Kier molecular flexibility index (Phi) is 4.70. The molecule has 130 valence electrons. The molecule has 0 saturated carbocycles. The summed E-state index contributed by atoms with van der Waals surface area (Å²) < 4.78 is 11.3. The molecule has 1 amide bonds. The molecule has 1 aromatic carbocycles. The van der Waals surface area contributed by atoms with Crippen molar-refractivity contribution in [2.45, 2.75) is 34.2 Å². The van der Waals surface area contributed by atoms with Crippen molar-refractivity contribution < 1.29 is 13.9 Å². The minimum atomic E-state index is -0.205. The molecule has 2 aromatic heterocycles. The summed E-state index contributed by atoms with van der Waals surface area (Å²) >= 11 is 0. The Morgan fingerprint density at radius 3 is 2.76 bits per heavy atom. The molecule has 0 bridgehead atoms. The van der Waals surface area contributed by atoms with Gasteiger partial charge in [0, 0.05) is 12.1 Å². The van der Waals surface area contributed by atoms with Gasteiger partial charge in [0.15, 0.2) is 6.61 Å². The van der Waals surface area contributed by atoms with Crippen LogP contribution < -0.4 is 10.1 Å². The topological polar surface area (TPSA) is 77.2 Å². The second-order valence-corrected chi connectivity index (χ2v) is 6.09. The van der Waals surface area contributed by atoms with Crippen molar-refractivity contribution in [2.24, 2.45) is 0 Å². The van der Waals surface area contributed by atoms with Crippen LogP contribution in [0.15, 0.2) is 28.7 Å². The van der Waals surface area contributed by atoms with E-state index in [9.17, 15) is 4.79 Å². The summed E-state index contributed by atoms with van der Waals surface area (Å²) in [5.74, 6) is 1.48. The lowest BCUT2D eigenvalue weighted by Gasteiger charge is -2.09. The first-order valence-electron chi connectivity index (χ1n) is 8.13. The van der Waals surface area contributed by atoms with E-state index in [1.54, 1.807) is 6.92 Å². The highest BCUT2D eigenvalue weighted by atomic mass is 16.5. The minimum absolute atomic E-state index is 0.110. The third kappa shape index (κ3) is 3.79. The lowest BCUT2D eigenvalue weighted by Crippen LogP contribution is -2.28. The van der Waals surface area contributed by atoms with E-state index < -0.39 is 0 Å². The molecule has 0 radical (unpaired) electrons. The zero-order chi connectivity index (χ0) is 18.0. The van der Waals surface area contributed by atoms with Gasteiger partial charge in [-0.3, -0.25) is 4.79 Å². The van der Waals surface area contributed by atoms with Gasteiger partial charge in [0.25, 0.3) is 5.91 Å². The van der Waals surface area contributed by atoms with Crippen LogP contribution in [0.5, 0.6) is 5.88 Å². The van der Waals surface area contributed by atoms with Crippen LogP contribution in [-0.4, -0.2) is 22.5 Å². The molecule has 0 aliphatic rings. The van der Waals surface area contributed by atoms with Gasteiger partial charge in [-0.2, -0.15) is 9.97 Å². The van der Waals surface area contributed by atoms with E-state index in [2.05, 4.69) is 15.3 Å². The second-order valence-electron chi connectivity index (χ2n) is 6.09. The van der Waals surface area contributed by atoms with Crippen LogP contribution >= 0.6 is 0 Å². The summed E-state index contributed by atoms with van der Waals surface area (Å²) in [6, 6.07) is 8.00. The number of hydrogen-bond donors (Lipinski definition) is 1. The Morgan fingerprint density at radius 1 is 1.20 bits per heavy atom. The molecule has 6 heteroatoms. The van der Waals surface area contributed by atoms with Gasteiger partial charge >= 0.3 is 0 Å². The second kappa shape index (κ2) is 6.93. The lowest BCUT2D eigenvalue weighted by atomic mass is 10.1. The van der Waals surface area contributed by atoms with Crippen molar-refractivity contribution in [3.63, 3.8) is 0 Å². The number of carbonyl (C=O) groups is 1. The number of hydrogen-bond acceptors (Lipinski definition) is 5. The van der Waals surface area contributed by atoms with Crippen LogP contribution in [0.2, 0.25) is 0 Å². The highest BCUT2D eigenvalue weighted by Gasteiger charge is 2.17. The van der Waals surface area contributed by atoms with Gasteiger partial charge in [-0.15, -0.1) is 0 Å². The highest BCUT2D eigenvalue weighted by molar-refractivity contribution is 5.84. The van der Waals surface area contributed by atoms with E-state index in [-0.39, 0.29) is 12.5 Å². The molecule has 0 unspecified atom stereocenters. The SMILES string of the molecule is Cc1cccc(CNC(=O)COc2nc(C)nc3oc(C)c(C)c23)c1. The molecular weight excluding hydrogens is 318 g/mol. The number of amides is 1. The summed E-state index contributed by atoms with van der Waals surface area (Å²) in [5, 5.41) is 3.57. The number of fused-ring (bicyclic) bond motifs is 1. The molecule has 25 heavy (non-hydrogen) atoms. The minimum Gasteiger partial charge on any atom is -0.467 e. The van der Waals surface area contributed by atoms with Gasteiger partial charge in [0.2, 0.25) is 11.6 Å². The summed E-state index contributed by atoms with van der Waals surface area (Å²) in [7, 11) is 0. The fourth-order valence-electron chi connectivity index (χ4n) is 2.63. The predicted molar refractivity (Wildman–Crippen MR) is 94.5 cm³/mol. The first-order chi connectivity index (χ1) is 11.9. The molecule has 0 aliphatic heterocycles. The van der Waals surface area contributed by atoms with Gasteiger partial charge in [-0.1, -0.05) is 29.8 Å². The zero-order valence-electron chi connectivity index (χ0n) is 14.8. The maximum absolute atomic E-state index is 12.1. The van der Waals surface area contributed by atoms with E-state index in [4.69, 9.17) is 9.15 Å². The average molecular weight is 339 g/mol. The van der Waals surface area contributed by atoms with Gasteiger partial charge in [-0.05, 0) is 33.3 Å². The number of aromatic nitrogens is 2. The monoisotopic (exact) mass is 339 g/mol. The number of benzene rings is 1. The Morgan fingerprint density at radius 2 is 2.00 bits per heavy atom. The zero-order valence-corrected chi connectivity index (χ0v) is 14.8. The molecular formula is C19H21N3O3. The number of nitrogens with zero attached hydrogens (tertiary/aromatic N) is 2. The molecule has 0 atom stereocenters. The van der Waals surface area contributed by atoms with Crippen LogP contribution in [0, 0.1) is 27.7 Å². The molecule has 3 rings (SSSR count). The van der Waals surface area contributed by atoms with Gasteiger partial charge < -0.3 is 14.5 Å². The van der Waals surface area contributed by atoms with Crippen molar-refractivity contribution in [2.75, 3.05) is 6.61 Å². The third-order valence-electron chi connectivity index (χ3n) is 4.02. The van der Waals surface area contributed by atoms with E-state index in [0.29, 0.717) is 24.0 Å². The molecule has 1 N–H and O–H groups in total. The molecule has 3 aromatic rings. The Labute approximate surface area is 146 Å². The van der Waals surface area contributed by atoms with E-state index in [0.717, 1.165) is 27.8 Å². The number of rotatable bonds is 5. The van der Waals surface area contributed by atoms with Gasteiger partial charge in [-0.25, -0.2) is 0 Å². The van der Waals surface area contributed by atoms with Crippen LogP contribution in [0.25, 0.3) is 11.1 Å². The van der Waals surface area contributed by atoms with Crippen molar-refractivity contribution >= 4 is 17.0 Å². The molecule has 0 fully saturated rings. The predicted octanol–water partition coefficient (Wildman–Crippen LogP) is 3.15. The fraction of sp³-hybridized carbons (Fsp3) is 0.316. The number of furan rings is 1. The molecule has 0 aliphatic carbocycles. The number of nitrogens with one attached hydrogen (secondary N) is 1. The van der Waals surface area contributed by atoms with Crippen molar-refractivity contribution in [3.8, 4) is 5.88 Å². The Bertz CT molecular complexity index is 931. The average Bonchev–Trinajstić information content (AvgIpc) is 2.85. The van der Waals surface area contributed by atoms with Crippen LogP contribution in [-0.2, 0) is 11.3 Å². The Hall–Kier alpha value is -2.89. The molecule has 0 spiro atoms. The van der Waals surface area contributed by atoms with E-state index in [1.807, 2.05) is 45.0 Å². The van der Waals surface area contributed by atoms with Crippen molar-refractivity contribution in [1.29, 1.82) is 0 Å². The number of carbonyl (C=O) groups excluding carboxylic acids is 1. The Balaban J connectivity index is 1.67.